The first-order valence-corrected chi connectivity index (χ1v) is 5.46. The van der Waals surface area contributed by atoms with Crippen molar-refractivity contribution in [1.29, 1.82) is 0 Å². The molecule has 0 amide bonds. The number of fused-ring (bicyclic) bond motifs is 1. The van der Waals surface area contributed by atoms with Gasteiger partial charge in [-0.1, -0.05) is 31.9 Å². The van der Waals surface area contributed by atoms with E-state index in [1.807, 2.05) is 4.40 Å². The van der Waals surface area contributed by atoms with Crippen molar-refractivity contribution in [1.82, 2.24) is 19.6 Å². The molecule has 0 fully saturated rings. The van der Waals surface area contributed by atoms with Gasteiger partial charge in [0.15, 0.2) is 5.65 Å². The SMILES string of the molecule is CCCC(C)c1nnc2cncc(Cl)n12. The van der Waals surface area contributed by atoms with Crippen LogP contribution in [0.4, 0.5) is 0 Å². The quantitative estimate of drug-likeness (QED) is 0.805. The van der Waals surface area contributed by atoms with Gasteiger partial charge in [-0.25, -0.2) is 0 Å². The van der Waals surface area contributed by atoms with Crippen LogP contribution in [0.15, 0.2) is 12.4 Å². The van der Waals surface area contributed by atoms with Crippen LogP contribution in [0.25, 0.3) is 5.65 Å². The summed E-state index contributed by atoms with van der Waals surface area (Å²) in [6.07, 6.45) is 5.49. The largest absolute Gasteiger partial charge is 0.266 e. The summed E-state index contributed by atoms with van der Waals surface area (Å²) in [6, 6.07) is 0. The van der Waals surface area contributed by atoms with Gasteiger partial charge in [-0.2, -0.15) is 0 Å². The fourth-order valence-electron chi connectivity index (χ4n) is 1.72. The molecule has 0 bridgehead atoms. The molecule has 1 atom stereocenters. The smallest absolute Gasteiger partial charge is 0.180 e. The molecule has 2 aromatic heterocycles. The molecule has 1 unspecified atom stereocenters. The number of aromatic nitrogens is 4. The van der Waals surface area contributed by atoms with Gasteiger partial charge in [0.1, 0.15) is 11.0 Å². The van der Waals surface area contributed by atoms with E-state index in [1.165, 1.54) is 0 Å². The molecule has 5 heteroatoms. The Morgan fingerprint density at radius 1 is 1.40 bits per heavy atom. The summed E-state index contributed by atoms with van der Waals surface area (Å²) in [6.45, 7) is 4.29. The fourth-order valence-corrected chi connectivity index (χ4v) is 1.95. The third kappa shape index (κ3) is 1.81. The number of hydrogen-bond donors (Lipinski definition) is 0. The van der Waals surface area contributed by atoms with E-state index < -0.39 is 0 Å². The summed E-state index contributed by atoms with van der Waals surface area (Å²) >= 11 is 6.07. The minimum atomic E-state index is 0.366. The summed E-state index contributed by atoms with van der Waals surface area (Å²) in [7, 11) is 0. The summed E-state index contributed by atoms with van der Waals surface area (Å²) < 4.78 is 1.86. The molecule has 80 valence electrons. The van der Waals surface area contributed by atoms with Crippen LogP contribution in [0.3, 0.4) is 0 Å². The minimum Gasteiger partial charge on any atom is -0.266 e. The molecule has 0 saturated heterocycles. The van der Waals surface area contributed by atoms with Crippen LogP contribution in [0, 0.1) is 0 Å². The van der Waals surface area contributed by atoms with Gasteiger partial charge in [-0.15, -0.1) is 10.2 Å². The van der Waals surface area contributed by atoms with Gasteiger partial charge in [0, 0.05) is 5.92 Å². The van der Waals surface area contributed by atoms with E-state index in [9.17, 15) is 0 Å². The van der Waals surface area contributed by atoms with Crippen molar-refractivity contribution < 1.29 is 0 Å². The number of halogens is 1. The molecule has 2 heterocycles. The van der Waals surface area contributed by atoms with Crippen molar-refractivity contribution in [2.24, 2.45) is 0 Å². The molecule has 2 aromatic rings. The molecular formula is C10H13ClN4. The van der Waals surface area contributed by atoms with Crippen LogP contribution in [-0.2, 0) is 0 Å². The highest BCUT2D eigenvalue weighted by Crippen LogP contribution is 2.21. The summed E-state index contributed by atoms with van der Waals surface area (Å²) in [5.74, 6) is 1.28. The molecular weight excluding hydrogens is 212 g/mol. The van der Waals surface area contributed by atoms with Crippen LogP contribution in [0.1, 0.15) is 38.4 Å². The molecule has 0 aliphatic carbocycles. The lowest BCUT2D eigenvalue weighted by molar-refractivity contribution is 0.620. The predicted molar refractivity (Wildman–Crippen MR) is 59.1 cm³/mol. The van der Waals surface area contributed by atoms with Crippen LogP contribution in [0.5, 0.6) is 0 Å². The fraction of sp³-hybridized carbons (Fsp3) is 0.500. The van der Waals surface area contributed by atoms with Gasteiger partial charge in [0.05, 0.1) is 12.4 Å². The zero-order valence-electron chi connectivity index (χ0n) is 8.81. The van der Waals surface area contributed by atoms with Crippen molar-refractivity contribution in [3.63, 3.8) is 0 Å². The first kappa shape index (κ1) is 10.4. The number of hydrogen-bond acceptors (Lipinski definition) is 3. The Balaban J connectivity index is 2.52. The molecule has 0 aliphatic rings. The van der Waals surface area contributed by atoms with E-state index in [4.69, 9.17) is 11.6 Å². The maximum absolute atomic E-state index is 6.07. The van der Waals surface area contributed by atoms with Crippen molar-refractivity contribution in [2.75, 3.05) is 0 Å². The molecule has 0 N–H and O–H groups in total. The molecule has 0 spiro atoms. The Hall–Kier alpha value is -1.16. The molecule has 15 heavy (non-hydrogen) atoms. The van der Waals surface area contributed by atoms with Crippen LogP contribution in [-0.4, -0.2) is 19.6 Å². The van der Waals surface area contributed by atoms with Gasteiger partial charge in [0.25, 0.3) is 0 Å². The number of rotatable bonds is 3. The minimum absolute atomic E-state index is 0.366. The van der Waals surface area contributed by atoms with E-state index >= 15 is 0 Å². The lowest BCUT2D eigenvalue weighted by Gasteiger charge is -2.08. The Morgan fingerprint density at radius 3 is 2.93 bits per heavy atom. The average Bonchev–Trinajstić information content (AvgIpc) is 2.63. The summed E-state index contributed by atoms with van der Waals surface area (Å²) in [4.78, 5) is 3.98. The predicted octanol–water partition coefficient (Wildman–Crippen LogP) is 2.68. The summed E-state index contributed by atoms with van der Waals surface area (Å²) in [5.41, 5.74) is 0.709. The highest BCUT2D eigenvalue weighted by Gasteiger charge is 2.14. The summed E-state index contributed by atoms with van der Waals surface area (Å²) in [5, 5.41) is 8.78. The Morgan fingerprint density at radius 2 is 2.20 bits per heavy atom. The first-order valence-electron chi connectivity index (χ1n) is 5.08. The Bertz CT molecular complexity index is 465. The molecule has 4 nitrogen and oxygen atoms in total. The van der Waals surface area contributed by atoms with E-state index in [1.54, 1.807) is 12.4 Å². The zero-order chi connectivity index (χ0) is 10.8. The van der Waals surface area contributed by atoms with Gasteiger partial charge in [0.2, 0.25) is 0 Å². The van der Waals surface area contributed by atoms with E-state index in [2.05, 4.69) is 29.0 Å². The lowest BCUT2D eigenvalue weighted by atomic mass is 10.1. The highest BCUT2D eigenvalue weighted by molar-refractivity contribution is 6.29. The van der Waals surface area contributed by atoms with E-state index in [0.29, 0.717) is 16.7 Å². The molecule has 0 radical (unpaired) electrons. The second-order valence-electron chi connectivity index (χ2n) is 3.67. The average molecular weight is 225 g/mol. The highest BCUT2D eigenvalue weighted by atomic mass is 35.5. The van der Waals surface area contributed by atoms with Crippen molar-refractivity contribution in [2.45, 2.75) is 32.6 Å². The van der Waals surface area contributed by atoms with E-state index in [-0.39, 0.29) is 0 Å². The molecule has 0 saturated carbocycles. The van der Waals surface area contributed by atoms with E-state index in [0.717, 1.165) is 18.7 Å². The van der Waals surface area contributed by atoms with Crippen LogP contribution >= 0.6 is 11.6 Å². The van der Waals surface area contributed by atoms with Gasteiger partial charge in [-0.3, -0.25) is 9.38 Å². The van der Waals surface area contributed by atoms with Gasteiger partial charge in [-0.05, 0) is 6.42 Å². The van der Waals surface area contributed by atoms with Crippen LogP contribution in [0.2, 0.25) is 5.15 Å². The second-order valence-corrected chi connectivity index (χ2v) is 4.06. The van der Waals surface area contributed by atoms with Gasteiger partial charge >= 0.3 is 0 Å². The standard InChI is InChI=1S/C10H13ClN4/c1-3-4-7(2)10-14-13-9-6-12-5-8(11)15(9)10/h5-7H,3-4H2,1-2H3. The monoisotopic (exact) mass is 224 g/mol. The molecule has 0 aromatic carbocycles. The second kappa shape index (κ2) is 4.14. The third-order valence-electron chi connectivity index (χ3n) is 2.46. The topological polar surface area (TPSA) is 43.1 Å². The lowest BCUT2D eigenvalue weighted by Crippen LogP contribution is -2.01. The van der Waals surface area contributed by atoms with Crippen molar-refractivity contribution >= 4 is 17.2 Å². The maximum atomic E-state index is 6.07. The maximum Gasteiger partial charge on any atom is 0.180 e. The van der Waals surface area contributed by atoms with Crippen LogP contribution < -0.4 is 0 Å². The Kier molecular flexibility index (Phi) is 2.86. The normalized spacial score (nSPS) is 13.3. The molecule has 2 rings (SSSR count). The van der Waals surface area contributed by atoms with Crippen molar-refractivity contribution in [3.05, 3.63) is 23.4 Å². The third-order valence-corrected chi connectivity index (χ3v) is 2.73. The number of nitrogens with zero attached hydrogens (tertiary/aromatic N) is 4. The van der Waals surface area contributed by atoms with Crippen molar-refractivity contribution in [3.8, 4) is 0 Å². The van der Waals surface area contributed by atoms with Gasteiger partial charge < -0.3 is 0 Å². The zero-order valence-corrected chi connectivity index (χ0v) is 9.57. The first-order chi connectivity index (χ1) is 7.24. The Labute approximate surface area is 93.3 Å². The molecule has 0 aliphatic heterocycles.